The second-order valence-electron chi connectivity index (χ2n) is 6.21. The van der Waals surface area contributed by atoms with Crippen LogP contribution >= 0.6 is 15.9 Å². The van der Waals surface area contributed by atoms with Crippen molar-refractivity contribution in [1.29, 1.82) is 0 Å². The highest BCUT2D eigenvalue weighted by Gasteiger charge is 2.36. The molecule has 0 saturated carbocycles. The van der Waals surface area contributed by atoms with Gasteiger partial charge in [-0.05, 0) is 48.5 Å². The molecule has 1 aliphatic heterocycles. The Morgan fingerprint density at radius 2 is 1.48 bits per heavy atom. The van der Waals surface area contributed by atoms with E-state index in [0.717, 1.165) is 9.37 Å². The summed E-state index contributed by atoms with van der Waals surface area (Å²) in [6, 6.07) is 19.9. The number of esters is 1. The van der Waals surface area contributed by atoms with Crippen molar-refractivity contribution in [2.45, 2.75) is 0 Å². The highest BCUT2D eigenvalue weighted by molar-refractivity contribution is 9.10. The standard InChI is InChI=1S/C22H14BrNO5/c23-14-8-10-16(11-9-14)28-13-20(25)29-17-5-3-4-15(12-17)24-21(26)18-6-1-2-7-19(18)22(24)27/h1-12H,13H2. The van der Waals surface area contributed by atoms with Crippen LogP contribution in [0.25, 0.3) is 0 Å². The number of carbonyl (C=O) groups excluding carboxylic acids is 3. The highest BCUT2D eigenvalue weighted by atomic mass is 79.9. The third kappa shape index (κ3) is 3.90. The van der Waals surface area contributed by atoms with Crippen molar-refractivity contribution < 1.29 is 23.9 Å². The average Bonchev–Trinajstić information content (AvgIpc) is 2.98. The molecule has 29 heavy (non-hydrogen) atoms. The van der Waals surface area contributed by atoms with E-state index in [1.54, 1.807) is 66.7 Å². The topological polar surface area (TPSA) is 72.9 Å². The minimum atomic E-state index is -0.604. The summed E-state index contributed by atoms with van der Waals surface area (Å²) in [6.45, 7) is -0.279. The van der Waals surface area contributed by atoms with Crippen LogP contribution in [0.1, 0.15) is 20.7 Å². The van der Waals surface area contributed by atoms with Gasteiger partial charge in [-0.15, -0.1) is 0 Å². The Morgan fingerprint density at radius 1 is 0.828 bits per heavy atom. The maximum absolute atomic E-state index is 12.6. The lowest BCUT2D eigenvalue weighted by atomic mass is 10.1. The summed E-state index contributed by atoms with van der Waals surface area (Å²) in [5, 5.41) is 0. The number of hydrogen-bond acceptors (Lipinski definition) is 5. The van der Waals surface area contributed by atoms with E-state index in [4.69, 9.17) is 9.47 Å². The molecule has 0 N–H and O–H groups in total. The number of hydrogen-bond donors (Lipinski definition) is 0. The Hall–Kier alpha value is -3.45. The van der Waals surface area contributed by atoms with Gasteiger partial charge in [-0.3, -0.25) is 9.59 Å². The van der Waals surface area contributed by atoms with Gasteiger partial charge in [0.1, 0.15) is 11.5 Å². The van der Waals surface area contributed by atoms with Crippen LogP contribution in [-0.4, -0.2) is 24.4 Å². The van der Waals surface area contributed by atoms with Crippen LogP contribution in [0, 0.1) is 0 Å². The zero-order valence-electron chi connectivity index (χ0n) is 15.0. The molecule has 6 nitrogen and oxygen atoms in total. The molecule has 0 saturated heterocycles. The van der Waals surface area contributed by atoms with Crippen LogP contribution in [-0.2, 0) is 4.79 Å². The first-order valence-corrected chi connectivity index (χ1v) is 9.49. The van der Waals surface area contributed by atoms with E-state index in [1.165, 1.54) is 6.07 Å². The van der Waals surface area contributed by atoms with Crippen molar-refractivity contribution >= 4 is 39.4 Å². The summed E-state index contributed by atoms with van der Waals surface area (Å²) in [7, 11) is 0. The first kappa shape index (κ1) is 18.9. The Kier molecular flexibility index (Phi) is 5.14. The summed E-state index contributed by atoms with van der Waals surface area (Å²) in [6.07, 6.45) is 0. The highest BCUT2D eigenvalue weighted by Crippen LogP contribution is 2.30. The molecule has 1 heterocycles. The Morgan fingerprint density at radius 3 is 2.14 bits per heavy atom. The number of imide groups is 1. The molecule has 144 valence electrons. The van der Waals surface area contributed by atoms with Crippen molar-refractivity contribution in [2.24, 2.45) is 0 Å². The molecule has 0 spiro atoms. The number of ether oxygens (including phenoxy) is 2. The molecule has 0 fully saturated rings. The number of rotatable bonds is 5. The lowest BCUT2D eigenvalue weighted by Crippen LogP contribution is -2.29. The van der Waals surface area contributed by atoms with Crippen molar-refractivity contribution in [3.8, 4) is 11.5 Å². The van der Waals surface area contributed by atoms with Gasteiger partial charge < -0.3 is 9.47 Å². The molecule has 3 aromatic carbocycles. The predicted molar refractivity (Wildman–Crippen MR) is 109 cm³/mol. The van der Waals surface area contributed by atoms with Crippen LogP contribution in [0.2, 0.25) is 0 Å². The third-order valence-electron chi connectivity index (χ3n) is 4.27. The number of anilines is 1. The van der Waals surface area contributed by atoms with Crippen LogP contribution in [0.15, 0.2) is 77.3 Å². The van der Waals surface area contributed by atoms with E-state index in [-0.39, 0.29) is 12.4 Å². The third-order valence-corrected chi connectivity index (χ3v) is 4.80. The summed E-state index contributed by atoms with van der Waals surface area (Å²) in [5.41, 5.74) is 1.03. The van der Waals surface area contributed by atoms with Gasteiger partial charge >= 0.3 is 5.97 Å². The fourth-order valence-corrected chi connectivity index (χ4v) is 3.21. The normalized spacial score (nSPS) is 12.7. The zero-order valence-corrected chi connectivity index (χ0v) is 16.6. The maximum Gasteiger partial charge on any atom is 0.349 e. The van der Waals surface area contributed by atoms with E-state index in [1.807, 2.05) is 0 Å². The molecule has 0 unspecified atom stereocenters. The SMILES string of the molecule is O=C(COc1ccc(Br)cc1)Oc1cccc(N2C(=O)c3ccccc3C2=O)c1. The molecule has 7 heteroatoms. The van der Waals surface area contributed by atoms with Gasteiger partial charge in [0.25, 0.3) is 11.8 Å². The maximum atomic E-state index is 12.6. The van der Waals surface area contributed by atoms with Gasteiger partial charge in [-0.1, -0.05) is 34.1 Å². The molecule has 2 amide bonds. The largest absolute Gasteiger partial charge is 0.482 e. The summed E-state index contributed by atoms with van der Waals surface area (Å²) >= 11 is 3.32. The monoisotopic (exact) mass is 451 g/mol. The Labute approximate surface area is 174 Å². The van der Waals surface area contributed by atoms with Crippen molar-refractivity contribution in [3.63, 3.8) is 0 Å². The van der Waals surface area contributed by atoms with Crippen molar-refractivity contribution in [3.05, 3.63) is 88.4 Å². The minimum absolute atomic E-state index is 0.212. The van der Waals surface area contributed by atoms with E-state index in [2.05, 4.69) is 15.9 Å². The van der Waals surface area contributed by atoms with E-state index >= 15 is 0 Å². The molecular weight excluding hydrogens is 438 g/mol. The number of amides is 2. The van der Waals surface area contributed by atoms with Gasteiger partial charge in [0, 0.05) is 10.5 Å². The van der Waals surface area contributed by atoms with Gasteiger partial charge in [-0.2, -0.15) is 0 Å². The molecule has 0 atom stereocenters. The average molecular weight is 452 g/mol. The molecule has 0 aromatic heterocycles. The fraction of sp³-hybridized carbons (Fsp3) is 0.0455. The minimum Gasteiger partial charge on any atom is -0.482 e. The number of carbonyl (C=O) groups is 3. The van der Waals surface area contributed by atoms with Crippen molar-refractivity contribution in [1.82, 2.24) is 0 Å². The second kappa shape index (κ2) is 7.89. The Bertz CT molecular complexity index is 1080. The molecule has 4 rings (SSSR count). The first-order valence-electron chi connectivity index (χ1n) is 8.70. The van der Waals surface area contributed by atoms with E-state index < -0.39 is 17.8 Å². The smallest absolute Gasteiger partial charge is 0.349 e. The zero-order chi connectivity index (χ0) is 20.4. The summed E-state index contributed by atoms with van der Waals surface area (Å²) < 4.78 is 11.6. The lowest BCUT2D eigenvalue weighted by Gasteiger charge is -2.15. The molecule has 0 radical (unpaired) electrons. The first-order chi connectivity index (χ1) is 14.0. The second-order valence-corrected chi connectivity index (χ2v) is 7.12. The molecule has 0 aliphatic carbocycles. The number of nitrogens with zero attached hydrogens (tertiary/aromatic N) is 1. The fourth-order valence-electron chi connectivity index (χ4n) is 2.94. The van der Waals surface area contributed by atoms with E-state index in [9.17, 15) is 14.4 Å². The van der Waals surface area contributed by atoms with Crippen molar-refractivity contribution in [2.75, 3.05) is 11.5 Å². The van der Waals surface area contributed by atoms with Gasteiger partial charge in [0.2, 0.25) is 0 Å². The van der Waals surface area contributed by atoms with Crippen LogP contribution in [0.3, 0.4) is 0 Å². The van der Waals surface area contributed by atoms with Crippen LogP contribution in [0.4, 0.5) is 5.69 Å². The van der Waals surface area contributed by atoms with Crippen LogP contribution in [0.5, 0.6) is 11.5 Å². The van der Waals surface area contributed by atoms with Gasteiger partial charge in [0.05, 0.1) is 16.8 Å². The number of fused-ring (bicyclic) bond motifs is 1. The quantitative estimate of drug-likeness (QED) is 0.329. The molecule has 0 bridgehead atoms. The number of benzene rings is 3. The van der Waals surface area contributed by atoms with Crippen LogP contribution < -0.4 is 14.4 Å². The summed E-state index contributed by atoms with van der Waals surface area (Å²) in [5.74, 6) is -0.680. The summed E-state index contributed by atoms with van der Waals surface area (Å²) in [4.78, 5) is 38.4. The number of halogens is 1. The molecule has 1 aliphatic rings. The lowest BCUT2D eigenvalue weighted by molar-refractivity contribution is -0.136. The molecule has 3 aromatic rings. The van der Waals surface area contributed by atoms with Gasteiger partial charge in [-0.25, -0.2) is 9.69 Å². The van der Waals surface area contributed by atoms with Gasteiger partial charge in [0.15, 0.2) is 6.61 Å². The predicted octanol–water partition coefficient (Wildman–Crippen LogP) is 4.23. The molecular formula is C22H14BrNO5. The van der Waals surface area contributed by atoms with E-state index in [0.29, 0.717) is 22.6 Å². The Balaban J connectivity index is 1.45.